The molecule has 1 amide bonds. The summed E-state index contributed by atoms with van der Waals surface area (Å²) in [5, 5.41) is 10.7. The van der Waals surface area contributed by atoms with Gasteiger partial charge in [-0.15, -0.1) is 0 Å². The van der Waals surface area contributed by atoms with E-state index in [4.69, 9.17) is 9.47 Å². The minimum Gasteiger partial charge on any atom is -0.503 e. The van der Waals surface area contributed by atoms with Gasteiger partial charge in [-0.25, -0.2) is 0 Å². The number of amides is 1. The van der Waals surface area contributed by atoms with Crippen LogP contribution < -0.4 is 14.4 Å². The molecule has 162 valence electrons. The summed E-state index contributed by atoms with van der Waals surface area (Å²) in [6.45, 7) is 6.50. The molecule has 1 aliphatic rings. The first-order chi connectivity index (χ1) is 14.5. The number of nitrogens with zero attached hydrogens (tertiary/aromatic N) is 1. The van der Waals surface area contributed by atoms with Crippen molar-refractivity contribution in [3.63, 3.8) is 0 Å². The van der Waals surface area contributed by atoms with E-state index >= 15 is 0 Å². The molecule has 0 spiro atoms. The van der Waals surface area contributed by atoms with Crippen molar-refractivity contribution in [2.75, 3.05) is 12.0 Å². The van der Waals surface area contributed by atoms with Crippen molar-refractivity contribution < 1.29 is 29.0 Å². The number of ketones is 1. The van der Waals surface area contributed by atoms with Crippen LogP contribution in [0, 0.1) is 5.41 Å². The van der Waals surface area contributed by atoms with Crippen molar-refractivity contribution in [1.82, 2.24) is 0 Å². The highest BCUT2D eigenvalue weighted by Crippen LogP contribution is 2.43. The first-order valence-electron chi connectivity index (χ1n) is 9.78. The Morgan fingerprint density at radius 1 is 0.968 bits per heavy atom. The van der Waals surface area contributed by atoms with Crippen LogP contribution in [0.4, 0.5) is 5.69 Å². The second-order valence-corrected chi connectivity index (χ2v) is 8.28. The molecular formula is C24H25NO6. The summed E-state index contributed by atoms with van der Waals surface area (Å²) in [6.07, 6.45) is 0. The lowest BCUT2D eigenvalue weighted by molar-refractivity contribution is -0.132. The van der Waals surface area contributed by atoms with E-state index in [0.29, 0.717) is 22.7 Å². The van der Waals surface area contributed by atoms with Gasteiger partial charge in [-0.1, -0.05) is 32.9 Å². The molecule has 1 unspecified atom stereocenters. The van der Waals surface area contributed by atoms with Gasteiger partial charge in [-0.3, -0.25) is 19.3 Å². The lowest BCUT2D eigenvalue weighted by atomic mass is 9.82. The maximum absolute atomic E-state index is 13.2. The Kier molecular flexibility index (Phi) is 5.88. The fraction of sp³-hybridized carbons (Fsp3) is 0.292. The predicted molar refractivity (Wildman–Crippen MR) is 115 cm³/mol. The average Bonchev–Trinajstić information content (AvgIpc) is 2.98. The van der Waals surface area contributed by atoms with Gasteiger partial charge in [0.15, 0.2) is 11.5 Å². The van der Waals surface area contributed by atoms with Gasteiger partial charge < -0.3 is 14.6 Å². The number of Topliss-reactive ketones (excluding diaryl/α,β-unsaturated/α-hetero) is 1. The van der Waals surface area contributed by atoms with Crippen molar-refractivity contribution in [1.29, 1.82) is 0 Å². The maximum Gasteiger partial charge on any atom is 0.308 e. The summed E-state index contributed by atoms with van der Waals surface area (Å²) < 4.78 is 10.3. The number of anilines is 1. The van der Waals surface area contributed by atoms with Gasteiger partial charge in [0.25, 0.3) is 5.91 Å². The van der Waals surface area contributed by atoms with Gasteiger partial charge in [0.1, 0.15) is 11.5 Å². The number of methoxy groups -OCH3 is 1. The Bertz CT molecular complexity index is 1040. The van der Waals surface area contributed by atoms with E-state index in [1.54, 1.807) is 69.3 Å². The molecule has 7 heteroatoms. The monoisotopic (exact) mass is 423 g/mol. The second kappa shape index (κ2) is 8.26. The minimum absolute atomic E-state index is 0.0357. The van der Waals surface area contributed by atoms with Gasteiger partial charge in [0.05, 0.1) is 18.7 Å². The fourth-order valence-corrected chi connectivity index (χ4v) is 3.45. The van der Waals surface area contributed by atoms with Crippen molar-refractivity contribution >= 4 is 23.3 Å². The van der Waals surface area contributed by atoms with Crippen LogP contribution in [-0.4, -0.2) is 29.9 Å². The number of hydrogen-bond donors (Lipinski definition) is 1. The number of hydrogen-bond acceptors (Lipinski definition) is 6. The smallest absolute Gasteiger partial charge is 0.308 e. The largest absolute Gasteiger partial charge is 0.503 e. The highest BCUT2D eigenvalue weighted by Gasteiger charge is 2.46. The first-order valence-corrected chi connectivity index (χ1v) is 9.78. The van der Waals surface area contributed by atoms with Crippen molar-refractivity contribution in [2.24, 2.45) is 5.41 Å². The standard InChI is InChI=1S/C24H25NO6/c1-14(26)31-18-10-6-15(7-11-18)20-19(22(28)24(2,3)4)21(27)23(29)25(20)16-8-12-17(30-5)13-9-16/h6-13,20,27H,1-5H3. The molecule has 7 nitrogen and oxygen atoms in total. The molecule has 31 heavy (non-hydrogen) atoms. The topological polar surface area (TPSA) is 93.1 Å². The van der Waals surface area contributed by atoms with Crippen LogP contribution in [0.15, 0.2) is 59.9 Å². The Hall–Kier alpha value is -3.61. The molecule has 3 rings (SSSR count). The van der Waals surface area contributed by atoms with Gasteiger partial charge >= 0.3 is 5.97 Å². The molecule has 0 aromatic heterocycles. The number of carbonyl (C=O) groups is 3. The summed E-state index contributed by atoms with van der Waals surface area (Å²) in [5.41, 5.74) is 0.323. The molecule has 0 radical (unpaired) electrons. The summed E-state index contributed by atoms with van der Waals surface area (Å²) >= 11 is 0. The zero-order valence-electron chi connectivity index (χ0n) is 18.1. The Morgan fingerprint density at radius 2 is 1.52 bits per heavy atom. The normalized spacial score (nSPS) is 16.5. The van der Waals surface area contributed by atoms with E-state index in [1.165, 1.54) is 18.9 Å². The lowest BCUT2D eigenvalue weighted by Crippen LogP contribution is -2.32. The molecular weight excluding hydrogens is 398 g/mol. The van der Waals surface area contributed by atoms with Crippen LogP contribution in [0.5, 0.6) is 11.5 Å². The molecule has 0 bridgehead atoms. The Labute approximate surface area is 180 Å². The third-order valence-electron chi connectivity index (χ3n) is 4.94. The quantitative estimate of drug-likeness (QED) is 0.574. The Balaban J connectivity index is 2.13. The lowest BCUT2D eigenvalue weighted by Gasteiger charge is -2.29. The number of rotatable bonds is 5. The molecule has 2 aromatic carbocycles. The number of benzene rings is 2. The van der Waals surface area contributed by atoms with Crippen LogP contribution in [0.3, 0.4) is 0 Å². The third kappa shape index (κ3) is 4.30. The fourth-order valence-electron chi connectivity index (χ4n) is 3.45. The number of aliphatic hydroxyl groups excluding tert-OH is 1. The summed E-state index contributed by atoms with van der Waals surface area (Å²) in [7, 11) is 1.54. The van der Waals surface area contributed by atoms with Crippen LogP contribution in [0.1, 0.15) is 39.3 Å². The highest BCUT2D eigenvalue weighted by molar-refractivity contribution is 6.17. The van der Waals surface area contributed by atoms with E-state index < -0.39 is 29.1 Å². The van der Waals surface area contributed by atoms with E-state index in [9.17, 15) is 19.5 Å². The van der Waals surface area contributed by atoms with Gasteiger partial charge in [-0.2, -0.15) is 0 Å². The van der Waals surface area contributed by atoms with Crippen LogP contribution in [0.25, 0.3) is 0 Å². The van der Waals surface area contributed by atoms with Crippen molar-refractivity contribution in [2.45, 2.75) is 33.7 Å². The van der Waals surface area contributed by atoms with Gasteiger partial charge in [0, 0.05) is 18.0 Å². The Morgan fingerprint density at radius 3 is 2.00 bits per heavy atom. The molecule has 0 fully saturated rings. The molecule has 1 heterocycles. The minimum atomic E-state index is -0.834. The number of esters is 1. The molecule has 1 N–H and O–H groups in total. The average molecular weight is 423 g/mol. The van der Waals surface area contributed by atoms with Crippen LogP contribution in [0.2, 0.25) is 0 Å². The van der Waals surface area contributed by atoms with Gasteiger partial charge in [-0.05, 0) is 42.0 Å². The maximum atomic E-state index is 13.2. The molecule has 2 aromatic rings. The van der Waals surface area contributed by atoms with E-state index in [1.807, 2.05) is 0 Å². The third-order valence-corrected chi connectivity index (χ3v) is 4.94. The molecule has 0 saturated carbocycles. The van der Waals surface area contributed by atoms with Crippen LogP contribution >= 0.6 is 0 Å². The first kappa shape index (κ1) is 22.1. The SMILES string of the molecule is COc1ccc(N2C(=O)C(O)=C(C(=O)C(C)(C)C)C2c2ccc(OC(C)=O)cc2)cc1. The highest BCUT2D eigenvalue weighted by atomic mass is 16.5. The molecule has 1 atom stereocenters. The van der Waals surface area contributed by atoms with Gasteiger partial charge in [0.2, 0.25) is 0 Å². The van der Waals surface area contributed by atoms with Crippen molar-refractivity contribution in [3.8, 4) is 11.5 Å². The van der Waals surface area contributed by atoms with E-state index in [2.05, 4.69) is 0 Å². The molecule has 0 saturated heterocycles. The van der Waals surface area contributed by atoms with E-state index in [-0.39, 0.29) is 11.4 Å². The molecule has 0 aliphatic carbocycles. The zero-order valence-corrected chi connectivity index (χ0v) is 18.1. The summed E-state index contributed by atoms with van der Waals surface area (Å²) in [6, 6.07) is 12.4. The predicted octanol–water partition coefficient (Wildman–Crippen LogP) is 4.14. The van der Waals surface area contributed by atoms with E-state index in [0.717, 1.165) is 0 Å². The van der Waals surface area contributed by atoms with Crippen molar-refractivity contribution in [3.05, 3.63) is 65.4 Å². The van der Waals surface area contributed by atoms with Crippen LogP contribution in [-0.2, 0) is 14.4 Å². The summed E-state index contributed by atoms with van der Waals surface area (Å²) in [5.74, 6) is -1.06. The zero-order chi connectivity index (χ0) is 22.9. The number of aliphatic hydroxyl groups is 1. The molecule has 1 aliphatic heterocycles. The second-order valence-electron chi connectivity index (χ2n) is 8.28. The number of ether oxygens (including phenoxy) is 2. The summed E-state index contributed by atoms with van der Waals surface area (Å²) in [4.78, 5) is 38.9. The number of carbonyl (C=O) groups excluding carboxylic acids is 3.